The number of aliphatic imine (C=N–C) groups is 1. The Kier molecular flexibility index (Phi) is 4.38. The number of ether oxygens (including phenoxy) is 2. The van der Waals surface area contributed by atoms with Gasteiger partial charge in [-0.2, -0.15) is 0 Å². The van der Waals surface area contributed by atoms with E-state index in [0.29, 0.717) is 16.8 Å². The first kappa shape index (κ1) is 18.2. The number of nitrogens with zero attached hydrogens (tertiary/aromatic N) is 1. The van der Waals surface area contributed by atoms with E-state index < -0.39 is 17.8 Å². The minimum atomic E-state index is -0.539. The van der Waals surface area contributed by atoms with Crippen LogP contribution in [0.1, 0.15) is 39.9 Å². The molecule has 1 unspecified atom stereocenters. The molecule has 5 heteroatoms. The topological polar surface area (TPSA) is 65.0 Å². The maximum atomic E-state index is 13.3. The highest BCUT2D eigenvalue weighted by atomic mass is 16.5. The molecule has 28 heavy (non-hydrogen) atoms. The van der Waals surface area contributed by atoms with Crippen molar-refractivity contribution in [2.24, 2.45) is 10.9 Å². The third kappa shape index (κ3) is 2.58. The third-order valence-electron chi connectivity index (χ3n) is 5.55. The average Bonchev–Trinajstić information content (AvgIpc) is 2.98. The number of hydrogen-bond acceptors (Lipinski definition) is 5. The monoisotopic (exact) mass is 375 g/mol. The number of rotatable bonds is 3. The molecule has 0 aromatic heterocycles. The molecule has 0 spiro atoms. The molecule has 1 heterocycles. The molecule has 0 bridgehead atoms. The fraction of sp³-hybridized carbons (Fsp3) is 0.261. The number of aryl methyl sites for hydroxylation is 1. The Morgan fingerprint density at radius 2 is 1.71 bits per heavy atom. The summed E-state index contributed by atoms with van der Waals surface area (Å²) in [6.07, 6.45) is 0. The fourth-order valence-corrected chi connectivity index (χ4v) is 4.29. The zero-order chi connectivity index (χ0) is 20.0. The van der Waals surface area contributed by atoms with Gasteiger partial charge in [-0.3, -0.25) is 9.79 Å². The van der Waals surface area contributed by atoms with E-state index in [1.165, 1.54) is 7.11 Å². The largest absolute Gasteiger partial charge is 0.496 e. The van der Waals surface area contributed by atoms with Crippen molar-refractivity contribution >= 4 is 17.5 Å². The predicted octanol–water partition coefficient (Wildman–Crippen LogP) is 3.85. The minimum Gasteiger partial charge on any atom is -0.496 e. The summed E-state index contributed by atoms with van der Waals surface area (Å²) >= 11 is 0. The number of methoxy groups -OCH3 is 2. The van der Waals surface area contributed by atoms with Crippen LogP contribution in [0.5, 0.6) is 5.75 Å². The molecule has 0 fully saturated rings. The second kappa shape index (κ2) is 6.75. The Balaban J connectivity index is 1.95. The van der Waals surface area contributed by atoms with Gasteiger partial charge in [-0.1, -0.05) is 36.4 Å². The Hall–Kier alpha value is -3.21. The molecule has 4 rings (SSSR count). The molecule has 2 aliphatic rings. The van der Waals surface area contributed by atoms with Crippen LogP contribution in [-0.4, -0.2) is 31.7 Å². The van der Waals surface area contributed by atoms with Crippen molar-refractivity contribution in [3.8, 4) is 5.75 Å². The van der Waals surface area contributed by atoms with Gasteiger partial charge in [0.1, 0.15) is 5.75 Å². The molecule has 2 aromatic rings. The standard InChI is InChI=1S/C23H21NO4/c1-12-11-14(9-10-17(12)27-3)19-18(23(26)28-4)13(2)24-21-15-7-5-6-8-16(15)22(25)20(19)21/h5-11,19-20H,1-4H3/t19-,20?/m1/s1. The highest BCUT2D eigenvalue weighted by Crippen LogP contribution is 2.46. The van der Waals surface area contributed by atoms with Crippen molar-refractivity contribution in [3.63, 3.8) is 0 Å². The van der Waals surface area contributed by atoms with E-state index in [0.717, 1.165) is 28.2 Å². The van der Waals surface area contributed by atoms with Crippen LogP contribution in [-0.2, 0) is 9.53 Å². The smallest absolute Gasteiger partial charge is 0.336 e. The normalized spacial score (nSPS) is 20.4. The Morgan fingerprint density at radius 3 is 2.36 bits per heavy atom. The maximum absolute atomic E-state index is 13.3. The van der Waals surface area contributed by atoms with Crippen LogP contribution in [0.15, 0.2) is 58.7 Å². The zero-order valence-corrected chi connectivity index (χ0v) is 16.3. The van der Waals surface area contributed by atoms with E-state index in [-0.39, 0.29) is 5.78 Å². The SMILES string of the molecule is COC(=O)C1=C(C)N=C2c3ccccc3C(=O)C2[C@@H]1c1ccc(OC)c(C)c1. The molecule has 5 nitrogen and oxygen atoms in total. The molecule has 0 saturated carbocycles. The summed E-state index contributed by atoms with van der Waals surface area (Å²) in [5.41, 5.74) is 5.05. The molecule has 1 aliphatic heterocycles. The summed E-state index contributed by atoms with van der Waals surface area (Å²) in [5.74, 6) is -0.702. The molecule has 2 aromatic carbocycles. The summed E-state index contributed by atoms with van der Waals surface area (Å²) in [6, 6.07) is 13.2. The number of Topliss-reactive ketones (excluding diaryl/α,β-unsaturated/α-hetero) is 1. The predicted molar refractivity (Wildman–Crippen MR) is 106 cm³/mol. The van der Waals surface area contributed by atoms with Crippen LogP contribution in [0, 0.1) is 12.8 Å². The third-order valence-corrected chi connectivity index (χ3v) is 5.55. The lowest BCUT2D eigenvalue weighted by Crippen LogP contribution is -2.32. The van der Waals surface area contributed by atoms with Crippen molar-refractivity contribution in [3.05, 3.63) is 76.0 Å². The van der Waals surface area contributed by atoms with E-state index in [9.17, 15) is 9.59 Å². The van der Waals surface area contributed by atoms with Gasteiger partial charge in [-0.15, -0.1) is 0 Å². The lowest BCUT2D eigenvalue weighted by molar-refractivity contribution is -0.136. The molecular weight excluding hydrogens is 354 g/mol. The Morgan fingerprint density at radius 1 is 1.00 bits per heavy atom. The van der Waals surface area contributed by atoms with E-state index in [2.05, 4.69) is 4.99 Å². The van der Waals surface area contributed by atoms with Crippen molar-refractivity contribution in [2.75, 3.05) is 14.2 Å². The highest BCUT2D eigenvalue weighted by molar-refractivity contribution is 6.30. The van der Waals surface area contributed by atoms with Crippen molar-refractivity contribution < 1.29 is 19.1 Å². The summed E-state index contributed by atoms with van der Waals surface area (Å²) < 4.78 is 10.4. The fourth-order valence-electron chi connectivity index (χ4n) is 4.29. The maximum Gasteiger partial charge on any atom is 0.336 e. The summed E-state index contributed by atoms with van der Waals surface area (Å²) in [7, 11) is 2.97. The molecule has 0 saturated heterocycles. The first-order valence-electron chi connectivity index (χ1n) is 9.13. The van der Waals surface area contributed by atoms with Crippen LogP contribution in [0.4, 0.5) is 0 Å². The van der Waals surface area contributed by atoms with Crippen LogP contribution in [0.3, 0.4) is 0 Å². The molecule has 142 valence electrons. The van der Waals surface area contributed by atoms with Crippen molar-refractivity contribution in [1.82, 2.24) is 0 Å². The number of carbonyl (C=O) groups is 2. The first-order chi connectivity index (χ1) is 13.5. The summed E-state index contributed by atoms with van der Waals surface area (Å²) in [5, 5.41) is 0. The van der Waals surface area contributed by atoms with Crippen LogP contribution in [0.2, 0.25) is 0 Å². The van der Waals surface area contributed by atoms with Crippen molar-refractivity contribution in [2.45, 2.75) is 19.8 Å². The number of hydrogen-bond donors (Lipinski definition) is 0. The molecule has 0 N–H and O–H groups in total. The number of ketones is 1. The summed E-state index contributed by atoms with van der Waals surface area (Å²) in [4.78, 5) is 30.6. The van der Waals surface area contributed by atoms with Crippen LogP contribution >= 0.6 is 0 Å². The van der Waals surface area contributed by atoms with Gasteiger partial charge in [0.05, 0.1) is 31.4 Å². The Bertz CT molecular complexity index is 1060. The number of benzene rings is 2. The average molecular weight is 375 g/mol. The molecular formula is C23H21NO4. The van der Waals surface area contributed by atoms with Gasteiger partial charge in [-0.05, 0) is 31.0 Å². The molecule has 0 radical (unpaired) electrons. The summed E-state index contributed by atoms with van der Waals surface area (Å²) in [6.45, 7) is 3.74. The van der Waals surface area contributed by atoms with Gasteiger partial charge in [0, 0.05) is 22.7 Å². The lowest BCUT2D eigenvalue weighted by atomic mass is 9.75. The lowest BCUT2D eigenvalue weighted by Gasteiger charge is -2.30. The van der Waals surface area contributed by atoms with E-state index in [4.69, 9.17) is 9.47 Å². The second-order valence-electron chi connectivity index (χ2n) is 7.08. The van der Waals surface area contributed by atoms with E-state index in [1.807, 2.05) is 49.4 Å². The van der Waals surface area contributed by atoms with Gasteiger partial charge >= 0.3 is 5.97 Å². The first-order valence-corrected chi connectivity index (χ1v) is 9.13. The minimum absolute atomic E-state index is 0.0123. The van der Waals surface area contributed by atoms with Gasteiger partial charge in [-0.25, -0.2) is 4.79 Å². The molecule has 1 aliphatic carbocycles. The quantitative estimate of drug-likeness (QED) is 0.765. The number of fused-ring (bicyclic) bond motifs is 3. The van der Waals surface area contributed by atoms with Crippen molar-refractivity contribution in [1.29, 1.82) is 0 Å². The van der Waals surface area contributed by atoms with Gasteiger partial charge in [0.15, 0.2) is 5.78 Å². The second-order valence-corrected chi connectivity index (χ2v) is 7.08. The van der Waals surface area contributed by atoms with E-state index in [1.54, 1.807) is 14.0 Å². The highest BCUT2D eigenvalue weighted by Gasteiger charge is 2.47. The van der Waals surface area contributed by atoms with Gasteiger partial charge in [0.2, 0.25) is 0 Å². The zero-order valence-electron chi connectivity index (χ0n) is 16.3. The van der Waals surface area contributed by atoms with E-state index >= 15 is 0 Å². The molecule has 2 atom stereocenters. The number of esters is 1. The number of carbonyl (C=O) groups excluding carboxylic acids is 2. The van der Waals surface area contributed by atoms with Gasteiger partial charge < -0.3 is 9.47 Å². The van der Waals surface area contributed by atoms with Crippen LogP contribution < -0.4 is 4.74 Å². The number of allylic oxidation sites excluding steroid dienone is 1. The Labute approximate surface area is 163 Å². The van der Waals surface area contributed by atoms with Gasteiger partial charge in [0.25, 0.3) is 0 Å². The molecule has 0 amide bonds. The van der Waals surface area contributed by atoms with Crippen LogP contribution in [0.25, 0.3) is 0 Å².